The van der Waals surface area contributed by atoms with Crippen LogP contribution in [0.5, 0.6) is 0 Å². The van der Waals surface area contributed by atoms with E-state index in [9.17, 15) is 9.59 Å². The van der Waals surface area contributed by atoms with Crippen LogP contribution in [-0.4, -0.2) is 23.8 Å². The van der Waals surface area contributed by atoms with Crippen LogP contribution < -0.4 is 0 Å². The Hall–Kier alpha value is -0.940. The first-order valence-corrected chi connectivity index (χ1v) is 5.12. The van der Waals surface area contributed by atoms with E-state index in [1.165, 1.54) is 18.3 Å². The standard InChI is InChI=1S/C8H8ClNO3S/c1-5(12)7-8(14-3-10-7)6(9)2-13-4-11/h3-4,6H,2H2,1H3. The first-order chi connectivity index (χ1) is 6.66. The summed E-state index contributed by atoms with van der Waals surface area (Å²) in [6.45, 7) is 1.79. The number of carbonyl (C=O) groups excluding carboxylic acids is 2. The summed E-state index contributed by atoms with van der Waals surface area (Å²) in [5.41, 5.74) is 1.90. The van der Waals surface area contributed by atoms with Crippen LogP contribution in [0.4, 0.5) is 0 Å². The van der Waals surface area contributed by atoms with Gasteiger partial charge in [0.05, 0.1) is 10.4 Å². The van der Waals surface area contributed by atoms with E-state index in [-0.39, 0.29) is 12.4 Å². The van der Waals surface area contributed by atoms with E-state index < -0.39 is 5.38 Å². The van der Waals surface area contributed by atoms with Gasteiger partial charge in [0.2, 0.25) is 0 Å². The maximum atomic E-state index is 11.1. The fourth-order valence-corrected chi connectivity index (χ4v) is 2.07. The molecule has 1 rings (SSSR count). The van der Waals surface area contributed by atoms with Gasteiger partial charge in [0, 0.05) is 6.92 Å². The summed E-state index contributed by atoms with van der Waals surface area (Å²) in [7, 11) is 0. The Balaban J connectivity index is 2.78. The van der Waals surface area contributed by atoms with E-state index in [4.69, 9.17) is 11.6 Å². The Morgan fingerprint density at radius 1 is 1.86 bits per heavy atom. The maximum Gasteiger partial charge on any atom is 0.293 e. The van der Waals surface area contributed by atoms with E-state index in [1.807, 2.05) is 0 Å². The molecule has 0 saturated carbocycles. The molecule has 0 aliphatic rings. The highest BCUT2D eigenvalue weighted by Crippen LogP contribution is 2.27. The molecule has 0 bridgehead atoms. The number of thiazole rings is 1. The molecule has 0 aromatic carbocycles. The van der Waals surface area contributed by atoms with Gasteiger partial charge in [0.1, 0.15) is 17.7 Å². The Kier molecular flexibility index (Phi) is 4.03. The molecule has 1 atom stereocenters. The third kappa shape index (κ3) is 2.52. The van der Waals surface area contributed by atoms with Crippen LogP contribution in [0.15, 0.2) is 5.51 Å². The molecule has 1 heterocycles. The summed E-state index contributed by atoms with van der Waals surface area (Å²) in [5, 5.41) is -0.508. The third-order valence-corrected chi connectivity index (χ3v) is 2.94. The summed E-state index contributed by atoms with van der Waals surface area (Å²) in [5.74, 6) is -0.141. The predicted octanol–water partition coefficient (Wildman–Crippen LogP) is 1.80. The number of Topliss-reactive ketones (excluding diaryl/α,β-unsaturated/α-hetero) is 1. The minimum absolute atomic E-state index is 0.0491. The van der Waals surface area contributed by atoms with Gasteiger partial charge in [-0.05, 0) is 0 Å². The normalized spacial score (nSPS) is 12.1. The van der Waals surface area contributed by atoms with E-state index in [0.717, 1.165) is 0 Å². The predicted molar refractivity (Wildman–Crippen MR) is 52.7 cm³/mol. The quantitative estimate of drug-likeness (QED) is 0.442. The number of ketones is 1. The first kappa shape index (κ1) is 11.1. The van der Waals surface area contributed by atoms with E-state index in [2.05, 4.69) is 9.72 Å². The van der Waals surface area contributed by atoms with Crippen molar-refractivity contribution in [2.75, 3.05) is 6.61 Å². The minimum atomic E-state index is -0.508. The fourth-order valence-electron chi connectivity index (χ4n) is 0.941. The maximum absolute atomic E-state index is 11.1. The molecule has 0 spiro atoms. The molecule has 0 aliphatic heterocycles. The first-order valence-electron chi connectivity index (χ1n) is 3.80. The summed E-state index contributed by atoms with van der Waals surface area (Å²) in [4.78, 5) is 25.5. The van der Waals surface area contributed by atoms with Crippen LogP contribution in [-0.2, 0) is 9.53 Å². The lowest BCUT2D eigenvalue weighted by atomic mass is 10.2. The number of rotatable bonds is 5. The van der Waals surface area contributed by atoms with Crippen molar-refractivity contribution < 1.29 is 14.3 Å². The van der Waals surface area contributed by atoms with Gasteiger partial charge in [-0.3, -0.25) is 9.59 Å². The second kappa shape index (κ2) is 5.07. The zero-order chi connectivity index (χ0) is 10.6. The smallest absolute Gasteiger partial charge is 0.293 e. The highest BCUT2D eigenvalue weighted by molar-refractivity contribution is 7.10. The van der Waals surface area contributed by atoms with Crippen LogP contribution in [0.3, 0.4) is 0 Å². The molecule has 76 valence electrons. The van der Waals surface area contributed by atoms with E-state index >= 15 is 0 Å². The SMILES string of the molecule is CC(=O)c1ncsc1C(Cl)COC=O. The van der Waals surface area contributed by atoms with Crippen LogP contribution >= 0.6 is 22.9 Å². The lowest BCUT2D eigenvalue weighted by Gasteiger charge is -2.05. The molecule has 6 heteroatoms. The van der Waals surface area contributed by atoms with E-state index in [1.54, 1.807) is 5.51 Å². The van der Waals surface area contributed by atoms with Crippen molar-refractivity contribution in [1.29, 1.82) is 0 Å². The topological polar surface area (TPSA) is 56.3 Å². The Labute approximate surface area is 89.9 Å². The average molecular weight is 234 g/mol. The Morgan fingerprint density at radius 2 is 2.57 bits per heavy atom. The third-order valence-electron chi connectivity index (χ3n) is 1.52. The zero-order valence-corrected chi connectivity index (χ0v) is 8.97. The number of ether oxygens (including phenoxy) is 1. The van der Waals surface area contributed by atoms with Gasteiger partial charge in [-0.25, -0.2) is 4.98 Å². The fraction of sp³-hybridized carbons (Fsp3) is 0.375. The number of nitrogens with zero attached hydrogens (tertiary/aromatic N) is 1. The van der Waals surface area contributed by atoms with Gasteiger partial charge in [-0.2, -0.15) is 0 Å². The molecular formula is C8H8ClNO3S. The van der Waals surface area contributed by atoms with Crippen molar-refractivity contribution in [1.82, 2.24) is 4.98 Å². The van der Waals surface area contributed by atoms with Gasteiger partial charge < -0.3 is 4.74 Å². The lowest BCUT2D eigenvalue weighted by Crippen LogP contribution is -2.04. The van der Waals surface area contributed by atoms with Crippen LogP contribution in [0.25, 0.3) is 0 Å². The highest BCUT2D eigenvalue weighted by atomic mass is 35.5. The van der Waals surface area contributed by atoms with Crippen molar-refractivity contribution in [2.24, 2.45) is 0 Å². The average Bonchev–Trinajstić information content (AvgIpc) is 2.62. The van der Waals surface area contributed by atoms with Crippen molar-refractivity contribution in [3.05, 3.63) is 16.1 Å². The van der Waals surface area contributed by atoms with Gasteiger partial charge in [0.15, 0.2) is 5.78 Å². The lowest BCUT2D eigenvalue weighted by molar-refractivity contribution is -0.128. The van der Waals surface area contributed by atoms with Crippen molar-refractivity contribution in [3.63, 3.8) is 0 Å². The Bertz CT molecular complexity index is 339. The second-order valence-electron chi connectivity index (χ2n) is 2.52. The highest BCUT2D eigenvalue weighted by Gasteiger charge is 2.18. The number of hydrogen-bond acceptors (Lipinski definition) is 5. The van der Waals surface area contributed by atoms with Crippen LogP contribution in [0.2, 0.25) is 0 Å². The van der Waals surface area contributed by atoms with Crippen molar-refractivity contribution in [2.45, 2.75) is 12.3 Å². The van der Waals surface area contributed by atoms with Gasteiger partial charge in [0.25, 0.3) is 6.47 Å². The number of alkyl halides is 1. The molecule has 1 aromatic heterocycles. The summed E-state index contributed by atoms with van der Waals surface area (Å²) in [6, 6.07) is 0. The largest absolute Gasteiger partial charge is 0.466 e. The van der Waals surface area contributed by atoms with Crippen LogP contribution in [0, 0.1) is 0 Å². The molecule has 0 aliphatic carbocycles. The summed E-state index contributed by atoms with van der Waals surface area (Å²) < 4.78 is 4.51. The van der Waals surface area contributed by atoms with Crippen LogP contribution in [0.1, 0.15) is 27.7 Å². The Morgan fingerprint density at radius 3 is 3.14 bits per heavy atom. The summed E-state index contributed by atoms with van der Waals surface area (Å²) >= 11 is 7.19. The number of halogens is 1. The van der Waals surface area contributed by atoms with Gasteiger partial charge in [-0.15, -0.1) is 22.9 Å². The molecule has 14 heavy (non-hydrogen) atoms. The molecule has 1 aromatic rings. The molecule has 0 N–H and O–H groups in total. The molecule has 0 fully saturated rings. The minimum Gasteiger partial charge on any atom is -0.466 e. The molecule has 0 saturated heterocycles. The molecular weight excluding hydrogens is 226 g/mol. The monoisotopic (exact) mass is 233 g/mol. The van der Waals surface area contributed by atoms with Gasteiger partial charge in [-0.1, -0.05) is 0 Å². The van der Waals surface area contributed by atoms with E-state index in [0.29, 0.717) is 17.0 Å². The molecule has 0 amide bonds. The van der Waals surface area contributed by atoms with Crippen molar-refractivity contribution in [3.8, 4) is 0 Å². The number of hydrogen-bond donors (Lipinski definition) is 0. The number of carbonyl (C=O) groups is 2. The van der Waals surface area contributed by atoms with Crippen molar-refractivity contribution >= 4 is 35.2 Å². The molecule has 0 radical (unpaired) electrons. The summed E-state index contributed by atoms with van der Waals surface area (Å²) in [6.07, 6.45) is 0. The van der Waals surface area contributed by atoms with Gasteiger partial charge >= 0.3 is 0 Å². The second-order valence-corrected chi connectivity index (χ2v) is 3.93. The zero-order valence-electron chi connectivity index (χ0n) is 7.40. The molecule has 4 nitrogen and oxygen atoms in total. The molecule has 1 unspecified atom stereocenters. The number of aromatic nitrogens is 1.